The predicted octanol–water partition coefficient (Wildman–Crippen LogP) is 2.46. The molecule has 1 aliphatic heterocycles. The highest BCUT2D eigenvalue weighted by Gasteiger charge is 2.30. The Labute approximate surface area is 119 Å². The van der Waals surface area contributed by atoms with Crippen molar-refractivity contribution in [3.05, 3.63) is 24.0 Å². The normalized spacial score (nSPS) is 18.6. The van der Waals surface area contributed by atoms with E-state index in [-0.39, 0.29) is 10.6 Å². The molecular formula is C14H21FN2O2S. The molecule has 112 valence electrons. The molecule has 1 aliphatic rings. The number of halogens is 1. The van der Waals surface area contributed by atoms with Crippen molar-refractivity contribution in [1.29, 1.82) is 0 Å². The van der Waals surface area contributed by atoms with Crippen LogP contribution in [0.15, 0.2) is 23.1 Å². The van der Waals surface area contributed by atoms with Crippen LogP contribution < -0.4 is 5.73 Å². The third-order valence-electron chi connectivity index (χ3n) is 4.05. The average molecular weight is 300 g/mol. The summed E-state index contributed by atoms with van der Waals surface area (Å²) in [5, 5.41) is 0. The Morgan fingerprint density at radius 2 is 1.90 bits per heavy atom. The molecule has 2 N–H and O–H groups in total. The number of benzene rings is 1. The first-order chi connectivity index (χ1) is 9.32. The Bertz CT molecular complexity index is 579. The number of hydrogen-bond acceptors (Lipinski definition) is 3. The van der Waals surface area contributed by atoms with Gasteiger partial charge in [-0.25, -0.2) is 12.8 Å². The Morgan fingerprint density at radius 3 is 2.40 bits per heavy atom. The Kier molecular flexibility index (Phi) is 4.34. The minimum Gasteiger partial charge on any atom is -0.396 e. The first kappa shape index (κ1) is 15.3. The lowest BCUT2D eigenvalue weighted by Crippen LogP contribution is -2.39. The molecule has 0 unspecified atom stereocenters. The van der Waals surface area contributed by atoms with Gasteiger partial charge in [0.1, 0.15) is 5.82 Å². The van der Waals surface area contributed by atoms with Crippen molar-refractivity contribution < 1.29 is 12.8 Å². The van der Waals surface area contributed by atoms with Gasteiger partial charge < -0.3 is 5.73 Å². The fourth-order valence-corrected chi connectivity index (χ4v) is 4.08. The van der Waals surface area contributed by atoms with Gasteiger partial charge in [-0.3, -0.25) is 0 Å². The van der Waals surface area contributed by atoms with E-state index in [4.69, 9.17) is 5.73 Å². The maximum atomic E-state index is 13.4. The SMILES string of the molecule is CC(C)C1CCN(S(=O)(=O)c2ccc(N)c(F)c2)CC1. The van der Waals surface area contributed by atoms with Crippen molar-refractivity contribution in [2.24, 2.45) is 11.8 Å². The minimum atomic E-state index is -3.61. The van der Waals surface area contributed by atoms with Gasteiger partial charge in [0.2, 0.25) is 10.0 Å². The van der Waals surface area contributed by atoms with E-state index in [0.717, 1.165) is 18.9 Å². The van der Waals surface area contributed by atoms with Crippen molar-refractivity contribution in [2.75, 3.05) is 18.8 Å². The van der Waals surface area contributed by atoms with Crippen LogP contribution in [0.2, 0.25) is 0 Å². The molecule has 2 rings (SSSR count). The second kappa shape index (κ2) is 5.69. The third-order valence-corrected chi connectivity index (χ3v) is 5.95. The fraction of sp³-hybridized carbons (Fsp3) is 0.571. The van der Waals surface area contributed by atoms with Crippen molar-refractivity contribution >= 4 is 15.7 Å². The lowest BCUT2D eigenvalue weighted by molar-refractivity contribution is 0.226. The van der Waals surface area contributed by atoms with E-state index in [9.17, 15) is 12.8 Å². The van der Waals surface area contributed by atoms with Crippen LogP contribution in [0.3, 0.4) is 0 Å². The van der Waals surface area contributed by atoms with E-state index in [0.29, 0.717) is 24.9 Å². The summed E-state index contributed by atoms with van der Waals surface area (Å²) in [4.78, 5) is -0.0211. The first-order valence-corrected chi connectivity index (χ1v) is 8.31. The second-order valence-electron chi connectivity index (χ2n) is 5.67. The van der Waals surface area contributed by atoms with E-state index in [1.165, 1.54) is 16.4 Å². The monoisotopic (exact) mass is 300 g/mol. The van der Waals surface area contributed by atoms with Crippen LogP contribution in [0.4, 0.5) is 10.1 Å². The summed E-state index contributed by atoms with van der Waals surface area (Å²) in [7, 11) is -3.61. The lowest BCUT2D eigenvalue weighted by Gasteiger charge is -2.33. The highest BCUT2D eigenvalue weighted by molar-refractivity contribution is 7.89. The van der Waals surface area contributed by atoms with Gasteiger partial charge in [-0.15, -0.1) is 0 Å². The predicted molar refractivity (Wildman–Crippen MR) is 77.1 cm³/mol. The molecule has 0 atom stereocenters. The van der Waals surface area contributed by atoms with E-state index in [2.05, 4.69) is 13.8 Å². The largest absolute Gasteiger partial charge is 0.396 e. The summed E-state index contributed by atoms with van der Waals surface area (Å²) in [6.07, 6.45) is 1.71. The van der Waals surface area contributed by atoms with Crippen molar-refractivity contribution in [2.45, 2.75) is 31.6 Å². The number of rotatable bonds is 3. The molecule has 20 heavy (non-hydrogen) atoms. The number of nitrogens with two attached hydrogens (primary N) is 1. The molecule has 1 aromatic carbocycles. The number of sulfonamides is 1. The molecule has 0 saturated carbocycles. The number of hydrogen-bond donors (Lipinski definition) is 1. The van der Waals surface area contributed by atoms with Gasteiger partial charge in [0.25, 0.3) is 0 Å². The van der Waals surface area contributed by atoms with Crippen LogP contribution in [0.25, 0.3) is 0 Å². The molecule has 1 aromatic rings. The van der Waals surface area contributed by atoms with Gasteiger partial charge in [0.15, 0.2) is 0 Å². The molecule has 0 aliphatic carbocycles. The topological polar surface area (TPSA) is 63.4 Å². The van der Waals surface area contributed by atoms with E-state index in [1.807, 2.05) is 0 Å². The maximum Gasteiger partial charge on any atom is 0.243 e. The molecule has 0 bridgehead atoms. The van der Waals surface area contributed by atoms with E-state index >= 15 is 0 Å². The Balaban J connectivity index is 2.17. The molecule has 6 heteroatoms. The summed E-state index contributed by atoms with van der Waals surface area (Å²) in [5.74, 6) is 0.432. The number of piperidine rings is 1. The van der Waals surface area contributed by atoms with Gasteiger partial charge in [0.05, 0.1) is 10.6 Å². The molecule has 4 nitrogen and oxygen atoms in total. The zero-order valence-corrected chi connectivity index (χ0v) is 12.7. The van der Waals surface area contributed by atoms with E-state index < -0.39 is 15.8 Å². The molecule has 0 aromatic heterocycles. The molecule has 1 heterocycles. The maximum absolute atomic E-state index is 13.4. The number of nitrogen functional groups attached to an aromatic ring is 1. The van der Waals surface area contributed by atoms with Gasteiger partial charge in [-0.2, -0.15) is 4.31 Å². The first-order valence-electron chi connectivity index (χ1n) is 6.87. The van der Waals surface area contributed by atoms with Crippen molar-refractivity contribution in [3.8, 4) is 0 Å². The van der Waals surface area contributed by atoms with Crippen molar-refractivity contribution in [3.63, 3.8) is 0 Å². The van der Waals surface area contributed by atoms with Crippen molar-refractivity contribution in [1.82, 2.24) is 4.31 Å². The summed E-state index contributed by atoms with van der Waals surface area (Å²) in [6, 6.07) is 3.66. The van der Waals surface area contributed by atoms with Crippen LogP contribution >= 0.6 is 0 Å². The van der Waals surface area contributed by atoms with Gasteiger partial charge >= 0.3 is 0 Å². The zero-order valence-electron chi connectivity index (χ0n) is 11.8. The number of anilines is 1. The summed E-state index contributed by atoms with van der Waals surface area (Å²) in [5.41, 5.74) is 5.34. The molecule has 1 fully saturated rings. The standard InChI is InChI=1S/C14H21FN2O2S/c1-10(2)11-5-7-17(8-6-11)20(18,19)12-3-4-14(16)13(15)9-12/h3-4,9-11H,5-8,16H2,1-2H3. The molecule has 0 spiro atoms. The second-order valence-corrected chi connectivity index (χ2v) is 7.61. The summed E-state index contributed by atoms with van der Waals surface area (Å²) < 4.78 is 39.8. The van der Waals surface area contributed by atoms with E-state index in [1.54, 1.807) is 0 Å². The third kappa shape index (κ3) is 2.96. The Morgan fingerprint density at radius 1 is 1.30 bits per heavy atom. The highest BCUT2D eigenvalue weighted by atomic mass is 32.2. The molecule has 0 radical (unpaired) electrons. The fourth-order valence-electron chi connectivity index (χ4n) is 2.60. The smallest absolute Gasteiger partial charge is 0.243 e. The highest BCUT2D eigenvalue weighted by Crippen LogP contribution is 2.28. The van der Waals surface area contributed by atoms with Gasteiger partial charge in [0, 0.05) is 13.1 Å². The summed E-state index contributed by atoms with van der Waals surface area (Å²) in [6.45, 7) is 5.31. The van der Waals surface area contributed by atoms with Gasteiger partial charge in [-0.1, -0.05) is 13.8 Å². The Hall–Kier alpha value is -1.14. The van der Waals surface area contributed by atoms with Crippen LogP contribution in [0.1, 0.15) is 26.7 Å². The van der Waals surface area contributed by atoms with Crippen LogP contribution in [0.5, 0.6) is 0 Å². The zero-order chi connectivity index (χ0) is 14.9. The number of nitrogens with zero attached hydrogens (tertiary/aromatic N) is 1. The molecule has 0 amide bonds. The molecular weight excluding hydrogens is 279 g/mol. The van der Waals surface area contributed by atoms with Crippen LogP contribution in [-0.4, -0.2) is 25.8 Å². The van der Waals surface area contributed by atoms with Crippen LogP contribution in [0, 0.1) is 17.7 Å². The summed E-state index contributed by atoms with van der Waals surface area (Å²) >= 11 is 0. The quantitative estimate of drug-likeness (QED) is 0.872. The van der Waals surface area contributed by atoms with Gasteiger partial charge in [-0.05, 0) is 42.9 Å². The molecule has 1 saturated heterocycles. The van der Waals surface area contributed by atoms with Crippen LogP contribution in [-0.2, 0) is 10.0 Å². The minimum absolute atomic E-state index is 0.0211. The lowest BCUT2D eigenvalue weighted by atomic mass is 9.87. The average Bonchev–Trinajstić information content (AvgIpc) is 2.41.